The van der Waals surface area contributed by atoms with Crippen LogP contribution in [0.5, 0.6) is 0 Å². The number of hydrogen-bond acceptors (Lipinski definition) is 2. The summed E-state index contributed by atoms with van der Waals surface area (Å²) in [5, 5.41) is 20.0. The van der Waals surface area contributed by atoms with Crippen LogP contribution in [0.4, 0.5) is 0 Å². The van der Waals surface area contributed by atoms with Gasteiger partial charge in [-0.3, -0.25) is 4.79 Å². The zero-order valence-electron chi connectivity index (χ0n) is 10.0. The van der Waals surface area contributed by atoms with E-state index in [1.807, 2.05) is 31.2 Å². The third-order valence-electron chi connectivity index (χ3n) is 3.77. The van der Waals surface area contributed by atoms with E-state index in [4.69, 9.17) is 0 Å². The quantitative estimate of drug-likeness (QED) is 0.843. The van der Waals surface area contributed by atoms with Crippen molar-refractivity contribution < 1.29 is 15.0 Å². The number of hydrogen-bond donors (Lipinski definition) is 2. The summed E-state index contributed by atoms with van der Waals surface area (Å²) >= 11 is 0. The Kier molecular flexibility index (Phi) is 3.20. The van der Waals surface area contributed by atoms with Crippen molar-refractivity contribution in [2.45, 2.75) is 38.2 Å². The van der Waals surface area contributed by atoms with Crippen molar-refractivity contribution in [1.29, 1.82) is 0 Å². The first kappa shape index (κ1) is 12.1. The van der Waals surface area contributed by atoms with Crippen LogP contribution in [-0.4, -0.2) is 16.2 Å². The zero-order chi connectivity index (χ0) is 12.5. The Hall–Kier alpha value is -1.35. The minimum atomic E-state index is -1.20. The smallest absolute Gasteiger partial charge is 0.309 e. The standard InChI is InChI=1S/C14H18O3/c1-2-11(13(15)16)14(17)9-5-7-10-6-3-4-8-12(10)14/h3-4,6,8,11,17H,2,5,7,9H2,1H3,(H,15,16). The lowest BCUT2D eigenvalue weighted by Crippen LogP contribution is -2.42. The average molecular weight is 234 g/mol. The summed E-state index contributed by atoms with van der Waals surface area (Å²) in [6.45, 7) is 1.81. The highest BCUT2D eigenvalue weighted by Crippen LogP contribution is 2.42. The van der Waals surface area contributed by atoms with Crippen molar-refractivity contribution in [1.82, 2.24) is 0 Å². The molecule has 0 saturated carbocycles. The second-order valence-electron chi connectivity index (χ2n) is 4.73. The Balaban J connectivity index is 2.48. The minimum Gasteiger partial charge on any atom is -0.481 e. The van der Waals surface area contributed by atoms with E-state index in [1.54, 1.807) is 0 Å². The van der Waals surface area contributed by atoms with Gasteiger partial charge in [-0.2, -0.15) is 0 Å². The molecule has 0 spiro atoms. The molecule has 0 fully saturated rings. The van der Waals surface area contributed by atoms with Gasteiger partial charge < -0.3 is 10.2 Å². The van der Waals surface area contributed by atoms with Gasteiger partial charge in [-0.15, -0.1) is 0 Å². The molecule has 17 heavy (non-hydrogen) atoms. The summed E-state index contributed by atoms with van der Waals surface area (Å²) in [5.41, 5.74) is 0.691. The molecule has 2 rings (SSSR count). The van der Waals surface area contributed by atoms with Crippen molar-refractivity contribution in [3.05, 3.63) is 35.4 Å². The van der Waals surface area contributed by atoms with Gasteiger partial charge in [0.2, 0.25) is 0 Å². The number of rotatable bonds is 3. The topological polar surface area (TPSA) is 57.5 Å². The first-order valence-electron chi connectivity index (χ1n) is 6.13. The first-order chi connectivity index (χ1) is 8.09. The maximum Gasteiger partial charge on any atom is 0.309 e. The van der Waals surface area contributed by atoms with Crippen molar-refractivity contribution in [2.24, 2.45) is 5.92 Å². The Morgan fingerprint density at radius 1 is 1.47 bits per heavy atom. The maximum atomic E-state index is 11.3. The summed E-state index contributed by atoms with van der Waals surface area (Å²) in [4.78, 5) is 11.3. The second kappa shape index (κ2) is 4.49. The Labute approximate surface area is 101 Å². The number of carboxylic acids is 1. The lowest BCUT2D eigenvalue weighted by atomic mass is 9.71. The summed E-state index contributed by atoms with van der Waals surface area (Å²) < 4.78 is 0. The SMILES string of the molecule is CCC(C(=O)O)C1(O)CCCc2ccccc21. The summed E-state index contributed by atoms with van der Waals surface area (Å²) in [7, 11) is 0. The van der Waals surface area contributed by atoms with Crippen molar-refractivity contribution in [2.75, 3.05) is 0 Å². The van der Waals surface area contributed by atoms with Crippen molar-refractivity contribution in [3.8, 4) is 0 Å². The van der Waals surface area contributed by atoms with E-state index >= 15 is 0 Å². The van der Waals surface area contributed by atoms with Crippen LogP contribution in [0.15, 0.2) is 24.3 Å². The molecule has 0 radical (unpaired) electrons. The molecular weight excluding hydrogens is 216 g/mol. The van der Waals surface area contributed by atoms with E-state index < -0.39 is 17.5 Å². The Bertz CT molecular complexity index is 427. The number of aryl methyl sites for hydroxylation is 1. The molecule has 92 valence electrons. The number of benzene rings is 1. The molecule has 0 bridgehead atoms. The molecule has 0 aromatic heterocycles. The third kappa shape index (κ3) is 1.95. The van der Waals surface area contributed by atoms with Gasteiger partial charge in [-0.25, -0.2) is 0 Å². The van der Waals surface area contributed by atoms with Crippen molar-refractivity contribution in [3.63, 3.8) is 0 Å². The van der Waals surface area contributed by atoms with Gasteiger partial charge in [0.05, 0.1) is 5.92 Å². The van der Waals surface area contributed by atoms with Crippen LogP contribution < -0.4 is 0 Å². The highest BCUT2D eigenvalue weighted by atomic mass is 16.4. The van der Waals surface area contributed by atoms with E-state index in [2.05, 4.69) is 0 Å². The fourth-order valence-corrected chi connectivity index (χ4v) is 2.92. The summed E-state index contributed by atoms with van der Waals surface area (Å²) in [5.74, 6) is -1.63. The largest absolute Gasteiger partial charge is 0.481 e. The molecule has 1 aliphatic rings. The fourth-order valence-electron chi connectivity index (χ4n) is 2.92. The van der Waals surface area contributed by atoms with Crippen molar-refractivity contribution >= 4 is 5.97 Å². The van der Waals surface area contributed by atoms with E-state index in [0.717, 1.165) is 24.0 Å². The lowest BCUT2D eigenvalue weighted by Gasteiger charge is -2.38. The summed E-state index contributed by atoms with van der Waals surface area (Å²) in [6, 6.07) is 7.64. The van der Waals surface area contributed by atoms with Gasteiger partial charge >= 0.3 is 5.97 Å². The number of carbonyl (C=O) groups is 1. The van der Waals surface area contributed by atoms with Gasteiger partial charge in [-0.05, 0) is 36.8 Å². The number of aliphatic hydroxyl groups is 1. The van der Waals surface area contributed by atoms with Crippen LogP contribution in [0.1, 0.15) is 37.3 Å². The Morgan fingerprint density at radius 2 is 2.18 bits per heavy atom. The predicted octanol–water partition coefficient (Wildman–Crippen LogP) is 2.32. The minimum absolute atomic E-state index is 0.445. The lowest BCUT2D eigenvalue weighted by molar-refractivity contribution is -0.154. The van der Waals surface area contributed by atoms with Crippen LogP contribution in [0, 0.1) is 5.92 Å². The zero-order valence-corrected chi connectivity index (χ0v) is 10.0. The molecule has 2 N–H and O–H groups in total. The van der Waals surface area contributed by atoms with Gasteiger partial charge in [0.25, 0.3) is 0 Å². The molecule has 0 aliphatic heterocycles. The Morgan fingerprint density at radius 3 is 2.82 bits per heavy atom. The maximum absolute atomic E-state index is 11.3. The average Bonchev–Trinajstić information content (AvgIpc) is 2.30. The van der Waals surface area contributed by atoms with Crippen LogP contribution in [-0.2, 0) is 16.8 Å². The normalized spacial score (nSPS) is 25.1. The van der Waals surface area contributed by atoms with Crippen LogP contribution in [0.2, 0.25) is 0 Å². The van der Waals surface area contributed by atoms with Gasteiger partial charge in [0.15, 0.2) is 0 Å². The molecule has 0 amide bonds. The molecule has 1 aromatic rings. The molecule has 0 heterocycles. The summed E-state index contributed by atoms with van der Waals surface area (Å²) in [6.07, 6.45) is 2.75. The van der Waals surface area contributed by atoms with Gasteiger partial charge in [0, 0.05) is 0 Å². The van der Waals surface area contributed by atoms with Crippen LogP contribution >= 0.6 is 0 Å². The number of fused-ring (bicyclic) bond motifs is 1. The van der Waals surface area contributed by atoms with Crippen LogP contribution in [0.25, 0.3) is 0 Å². The first-order valence-corrected chi connectivity index (χ1v) is 6.13. The van der Waals surface area contributed by atoms with Gasteiger partial charge in [0.1, 0.15) is 5.60 Å². The molecular formula is C14H18O3. The molecule has 1 aliphatic carbocycles. The molecule has 0 saturated heterocycles. The van der Waals surface area contributed by atoms with E-state index in [1.165, 1.54) is 0 Å². The van der Waals surface area contributed by atoms with Gasteiger partial charge in [-0.1, -0.05) is 31.2 Å². The second-order valence-corrected chi connectivity index (χ2v) is 4.73. The third-order valence-corrected chi connectivity index (χ3v) is 3.77. The fraction of sp³-hybridized carbons (Fsp3) is 0.500. The van der Waals surface area contributed by atoms with E-state index in [9.17, 15) is 15.0 Å². The molecule has 2 atom stereocenters. The molecule has 3 nitrogen and oxygen atoms in total. The van der Waals surface area contributed by atoms with E-state index in [-0.39, 0.29) is 0 Å². The number of aliphatic carboxylic acids is 1. The monoisotopic (exact) mass is 234 g/mol. The molecule has 2 unspecified atom stereocenters. The van der Waals surface area contributed by atoms with E-state index in [0.29, 0.717) is 12.8 Å². The number of carboxylic acid groups (broad SMARTS) is 1. The highest BCUT2D eigenvalue weighted by molar-refractivity contribution is 5.72. The molecule has 1 aromatic carbocycles. The predicted molar refractivity (Wildman–Crippen MR) is 64.7 cm³/mol. The van der Waals surface area contributed by atoms with Crippen LogP contribution in [0.3, 0.4) is 0 Å². The highest BCUT2D eigenvalue weighted by Gasteiger charge is 2.44. The molecule has 3 heteroatoms.